The van der Waals surface area contributed by atoms with Crippen molar-refractivity contribution in [3.05, 3.63) is 66.5 Å². The minimum Gasteiger partial charge on any atom is -0.483 e. The van der Waals surface area contributed by atoms with Crippen LogP contribution in [0.15, 0.2) is 60.9 Å². The molecule has 0 bridgehead atoms. The summed E-state index contributed by atoms with van der Waals surface area (Å²) in [5.74, 6) is 1.62. The first-order valence-corrected chi connectivity index (χ1v) is 9.11. The molecule has 0 radical (unpaired) electrons. The molecule has 2 heterocycles. The number of ether oxygens (including phenoxy) is 2. The molecule has 0 spiro atoms. The predicted molar refractivity (Wildman–Crippen MR) is 106 cm³/mol. The van der Waals surface area contributed by atoms with E-state index in [1.807, 2.05) is 62.4 Å². The summed E-state index contributed by atoms with van der Waals surface area (Å²) in [6.45, 7) is 3.94. The topological polar surface area (TPSA) is 73.3 Å². The molecule has 1 N–H and O–H groups in total. The van der Waals surface area contributed by atoms with Gasteiger partial charge >= 0.3 is 0 Å². The van der Waals surface area contributed by atoms with Gasteiger partial charge in [-0.2, -0.15) is 0 Å². The molecule has 28 heavy (non-hydrogen) atoms. The van der Waals surface area contributed by atoms with Crippen molar-refractivity contribution in [1.29, 1.82) is 0 Å². The van der Waals surface area contributed by atoms with E-state index in [2.05, 4.69) is 15.3 Å². The molecule has 0 aliphatic carbocycles. The van der Waals surface area contributed by atoms with E-state index in [4.69, 9.17) is 9.47 Å². The second-order valence-corrected chi connectivity index (χ2v) is 7.28. The molecular formula is C22H21N3O3. The van der Waals surface area contributed by atoms with Crippen LogP contribution < -0.4 is 14.8 Å². The normalized spacial score (nSPS) is 14.1. The predicted octanol–water partition coefficient (Wildman–Crippen LogP) is 3.87. The Morgan fingerprint density at radius 3 is 2.61 bits per heavy atom. The van der Waals surface area contributed by atoms with Crippen molar-refractivity contribution >= 4 is 11.6 Å². The van der Waals surface area contributed by atoms with Crippen molar-refractivity contribution in [1.82, 2.24) is 9.97 Å². The fourth-order valence-corrected chi connectivity index (χ4v) is 3.17. The summed E-state index contributed by atoms with van der Waals surface area (Å²) < 4.78 is 11.6. The number of aromatic nitrogens is 2. The molecule has 0 unspecified atom stereocenters. The van der Waals surface area contributed by atoms with E-state index in [1.165, 1.54) is 0 Å². The Morgan fingerprint density at radius 1 is 1.11 bits per heavy atom. The van der Waals surface area contributed by atoms with Gasteiger partial charge in [0, 0.05) is 17.5 Å². The second kappa shape index (κ2) is 7.31. The lowest BCUT2D eigenvalue weighted by atomic mass is 10.0. The molecule has 2 aromatic carbocycles. The second-order valence-electron chi connectivity index (χ2n) is 7.28. The van der Waals surface area contributed by atoms with Crippen LogP contribution in [0.5, 0.6) is 11.5 Å². The Morgan fingerprint density at radius 2 is 1.86 bits per heavy atom. The zero-order chi connectivity index (χ0) is 19.6. The van der Waals surface area contributed by atoms with Gasteiger partial charge in [-0.3, -0.25) is 4.79 Å². The van der Waals surface area contributed by atoms with Gasteiger partial charge in [-0.25, -0.2) is 9.97 Å². The van der Waals surface area contributed by atoms with Gasteiger partial charge in [-0.05, 0) is 19.9 Å². The Balaban J connectivity index is 1.37. The average Bonchev–Trinajstić information content (AvgIpc) is 3.02. The third-order valence-corrected chi connectivity index (χ3v) is 4.38. The molecule has 3 aromatic rings. The highest BCUT2D eigenvalue weighted by Gasteiger charge is 2.32. The number of hydrogen-bond donors (Lipinski definition) is 1. The highest BCUT2D eigenvalue weighted by molar-refractivity contribution is 5.91. The first-order valence-electron chi connectivity index (χ1n) is 9.11. The number of carbonyl (C=O) groups excluding carboxylic acids is 1. The average molecular weight is 375 g/mol. The van der Waals surface area contributed by atoms with Gasteiger partial charge in [0.15, 0.2) is 23.9 Å². The molecule has 1 aliphatic heterocycles. The number of amides is 1. The molecule has 1 amide bonds. The number of benzene rings is 2. The van der Waals surface area contributed by atoms with Crippen LogP contribution in [-0.2, 0) is 11.2 Å². The smallest absolute Gasteiger partial charge is 0.262 e. The molecule has 1 aliphatic rings. The van der Waals surface area contributed by atoms with E-state index in [9.17, 15) is 4.79 Å². The minimum absolute atomic E-state index is 0.124. The van der Waals surface area contributed by atoms with Crippen LogP contribution in [-0.4, -0.2) is 28.1 Å². The SMILES string of the molecule is CC1(C)Cc2cccc(OCC(=O)Nc3cnc(-c4ccccc4)nc3)c2O1. The van der Waals surface area contributed by atoms with E-state index in [0.29, 0.717) is 17.3 Å². The number of nitrogens with zero attached hydrogens (tertiary/aromatic N) is 2. The van der Waals surface area contributed by atoms with Crippen LogP contribution in [0.1, 0.15) is 19.4 Å². The van der Waals surface area contributed by atoms with E-state index >= 15 is 0 Å². The number of carbonyl (C=O) groups is 1. The largest absolute Gasteiger partial charge is 0.483 e. The van der Waals surface area contributed by atoms with Crippen LogP contribution in [0, 0.1) is 0 Å². The van der Waals surface area contributed by atoms with E-state index in [0.717, 1.165) is 23.3 Å². The minimum atomic E-state index is -0.286. The van der Waals surface area contributed by atoms with Gasteiger partial charge in [-0.1, -0.05) is 42.5 Å². The van der Waals surface area contributed by atoms with Gasteiger partial charge in [0.1, 0.15) is 5.60 Å². The molecule has 0 saturated carbocycles. The maximum atomic E-state index is 12.2. The zero-order valence-electron chi connectivity index (χ0n) is 15.8. The molecule has 0 saturated heterocycles. The maximum absolute atomic E-state index is 12.2. The molecule has 4 rings (SSSR count). The summed E-state index contributed by atoms with van der Waals surface area (Å²) in [6.07, 6.45) is 3.98. The highest BCUT2D eigenvalue weighted by atomic mass is 16.5. The van der Waals surface area contributed by atoms with E-state index < -0.39 is 0 Å². The Kier molecular flexibility index (Phi) is 4.69. The van der Waals surface area contributed by atoms with Crippen molar-refractivity contribution in [2.45, 2.75) is 25.9 Å². The van der Waals surface area contributed by atoms with E-state index in [-0.39, 0.29) is 18.1 Å². The third kappa shape index (κ3) is 3.96. The quantitative estimate of drug-likeness (QED) is 0.733. The van der Waals surface area contributed by atoms with Crippen molar-refractivity contribution in [3.63, 3.8) is 0 Å². The van der Waals surface area contributed by atoms with Crippen LogP contribution >= 0.6 is 0 Å². The first-order chi connectivity index (χ1) is 13.5. The zero-order valence-corrected chi connectivity index (χ0v) is 15.8. The lowest BCUT2D eigenvalue weighted by Gasteiger charge is -2.18. The number of fused-ring (bicyclic) bond motifs is 1. The maximum Gasteiger partial charge on any atom is 0.262 e. The molecule has 1 aromatic heterocycles. The summed E-state index contributed by atoms with van der Waals surface area (Å²) in [7, 11) is 0. The van der Waals surface area contributed by atoms with Crippen LogP contribution in [0.3, 0.4) is 0 Å². The summed E-state index contributed by atoms with van der Waals surface area (Å²) in [6, 6.07) is 15.4. The molecular weight excluding hydrogens is 354 g/mol. The molecule has 0 fully saturated rings. The fourth-order valence-electron chi connectivity index (χ4n) is 3.17. The van der Waals surface area contributed by atoms with Crippen molar-refractivity contribution in [3.8, 4) is 22.9 Å². The number of rotatable bonds is 5. The molecule has 6 nitrogen and oxygen atoms in total. The molecule has 0 atom stereocenters. The van der Waals surface area contributed by atoms with Gasteiger partial charge < -0.3 is 14.8 Å². The number of anilines is 1. The standard InChI is InChI=1S/C22H21N3O3/c1-22(2)11-16-9-6-10-18(20(16)28-22)27-14-19(26)25-17-12-23-21(24-13-17)15-7-4-3-5-8-15/h3-10,12-13H,11,14H2,1-2H3,(H,25,26). The van der Waals surface area contributed by atoms with Gasteiger partial charge in [0.05, 0.1) is 18.1 Å². The number of hydrogen-bond acceptors (Lipinski definition) is 5. The summed E-state index contributed by atoms with van der Waals surface area (Å²) in [4.78, 5) is 20.8. The van der Waals surface area contributed by atoms with Crippen LogP contribution in [0.2, 0.25) is 0 Å². The van der Waals surface area contributed by atoms with Gasteiger partial charge in [0.25, 0.3) is 5.91 Å². The highest BCUT2D eigenvalue weighted by Crippen LogP contribution is 2.41. The molecule has 6 heteroatoms. The third-order valence-electron chi connectivity index (χ3n) is 4.38. The van der Waals surface area contributed by atoms with Crippen LogP contribution in [0.25, 0.3) is 11.4 Å². The van der Waals surface area contributed by atoms with Gasteiger partial charge in [0.2, 0.25) is 0 Å². The van der Waals surface area contributed by atoms with Crippen molar-refractivity contribution in [2.24, 2.45) is 0 Å². The summed E-state index contributed by atoms with van der Waals surface area (Å²) in [5, 5.41) is 2.75. The van der Waals surface area contributed by atoms with Crippen molar-refractivity contribution < 1.29 is 14.3 Å². The summed E-state index contributed by atoms with van der Waals surface area (Å²) >= 11 is 0. The van der Waals surface area contributed by atoms with Crippen LogP contribution in [0.4, 0.5) is 5.69 Å². The monoisotopic (exact) mass is 375 g/mol. The van der Waals surface area contributed by atoms with Crippen molar-refractivity contribution in [2.75, 3.05) is 11.9 Å². The lowest BCUT2D eigenvalue weighted by Crippen LogP contribution is -2.25. The Bertz CT molecular complexity index is 986. The van der Waals surface area contributed by atoms with Gasteiger partial charge in [-0.15, -0.1) is 0 Å². The Hall–Kier alpha value is -3.41. The summed E-state index contributed by atoms with van der Waals surface area (Å²) in [5.41, 5.74) is 2.27. The molecule has 142 valence electrons. The van der Waals surface area contributed by atoms with E-state index in [1.54, 1.807) is 12.4 Å². The number of nitrogens with one attached hydrogen (secondary N) is 1. The lowest BCUT2D eigenvalue weighted by molar-refractivity contribution is -0.118. The first kappa shape index (κ1) is 18.0. The fraction of sp³-hybridized carbons (Fsp3) is 0.227. The Labute approximate surface area is 163 Å². The number of para-hydroxylation sites is 1.